The maximum absolute atomic E-state index is 13.4. The molecule has 5 rings (SSSR count). The van der Waals surface area contributed by atoms with Crippen molar-refractivity contribution < 1.29 is 13.2 Å². The lowest BCUT2D eigenvalue weighted by Crippen LogP contribution is -2.54. The molecule has 3 aliphatic rings. The first-order chi connectivity index (χ1) is 18.1. The van der Waals surface area contributed by atoms with Crippen LogP contribution in [0, 0.1) is 11.8 Å². The second kappa shape index (κ2) is 12.7. The van der Waals surface area contributed by atoms with E-state index in [4.69, 9.17) is 23.2 Å². The van der Waals surface area contributed by atoms with Gasteiger partial charge in [-0.15, -0.1) is 12.4 Å². The first-order valence-corrected chi connectivity index (χ1v) is 16.2. The molecule has 0 aromatic heterocycles. The SMILES string of the molecule is CS(=O)(=O)N1CCC(C2CN(CC[C@]3(c4ccc(Cl)c(Cl)c4)CCCN(C(=O)c4ccccc4)C3)C2)CC1.Cl. The highest BCUT2D eigenvalue weighted by Crippen LogP contribution is 2.41. The van der Waals surface area contributed by atoms with E-state index in [0.29, 0.717) is 41.5 Å². The largest absolute Gasteiger partial charge is 0.338 e. The number of likely N-dealkylation sites (tertiary alicyclic amines) is 2. The van der Waals surface area contributed by atoms with Crippen LogP contribution in [0.2, 0.25) is 10.0 Å². The average molecular weight is 615 g/mol. The fourth-order valence-corrected chi connectivity index (χ4v) is 7.79. The Bertz CT molecular complexity index is 1250. The Hall–Kier alpha value is -1.35. The number of hydrogen-bond acceptors (Lipinski definition) is 4. The topological polar surface area (TPSA) is 60.9 Å². The Morgan fingerprint density at radius 3 is 2.31 bits per heavy atom. The Balaban J connectivity index is 0.00000353. The van der Waals surface area contributed by atoms with Crippen LogP contribution >= 0.6 is 35.6 Å². The van der Waals surface area contributed by atoms with Gasteiger partial charge >= 0.3 is 0 Å². The lowest BCUT2D eigenvalue weighted by atomic mass is 9.71. The number of hydrogen-bond donors (Lipinski definition) is 0. The maximum Gasteiger partial charge on any atom is 0.253 e. The monoisotopic (exact) mass is 613 g/mol. The number of amides is 1. The van der Waals surface area contributed by atoms with Crippen LogP contribution < -0.4 is 0 Å². The summed E-state index contributed by atoms with van der Waals surface area (Å²) < 4.78 is 25.3. The number of carbonyl (C=O) groups excluding carboxylic acids is 1. The number of benzene rings is 2. The summed E-state index contributed by atoms with van der Waals surface area (Å²) in [5, 5.41) is 1.10. The van der Waals surface area contributed by atoms with E-state index in [0.717, 1.165) is 69.4 Å². The molecule has 3 saturated heterocycles. The van der Waals surface area contributed by atoms with Crippen LogP contribution in [0.3, 0.4) is 0 Å². The van der Waals surface area contributed by atoms with Gasteiger partial charge in [-0.1, -0.05) is 47.5 Å². The van der Waals surface area contributed by atoms with Gasteiger partial charge < -0.3 is 9.80 Å². The van der Waals surface area contributed by atoms with Gasteiger partial charge in [0.1, 0.15) is 0 Å². The summed E-state index contributed by atoms with van der Waals surface area (Å²) in [6.07, 6.45) is 6.11. The molecular formula is C29H38Cl3N3O3S. The van der Waals surface area contributed by atoms with Crippen LogP contribution in [-0.4, -0.2) is 80.5 Å². The zero-order chi connectivity index (χ0) is 26.9. The standard InChI is InChI=1S/C29H37Cl2N3O3S.ClH/c1-38(36,37)34-15-10-22(11-16-34)24-19-32(20-24)17-13-29(25-8-9-26(30)27(31)18-25)12-5-14-33(21-29)28(35)23-6-3-2-4-7-23;/h2-4,6-9,18,22,24H,5,10-17,19-21H2,1H3;1H/t29-;/m1./s1. The normalized spacial score (nSPS) is 23.7. The number of nitrogens with zero attached hydrogens (tertiary/aromatic N) is 3. The van der Waals surface area contributed by atoms with E-state index in [1.165, 1.54) is 6.26 Å². The third kappa shape index (κ3) is 6.94. The minimum absolute atomic E-state index is 0. The Morgan fingerprint density at radius 1 is 0.974 bits per heavy atom. The molecule has 214 valence electrons. The quantitative estimate of drug-likeness (QED) is 0.409. The van der Waals surface area contributed by atoms with Crippen molar-refractivity contribution in [2.24, 2.45) is 11.8 Å². The molecule has 1 amide bonds. The van der Waals surface area contributed by atoms with E-state index >= 15 is 0 Å². The summed E-state index contributed by atoms with van der Waals surface area (Å²) in [5.41, 5.74) is 1.70. The highest BCUT2D eigenvalue weighted by Gasteiger charge is 2.41. The molecule has 2 aromatic carbocycles. The van der Waals surface area contributed by atoms with Crippen LogP contribution in [0.1, 0.15) is 48.0 Å². The van der Waals surface area contributed by atoms with Gasteiger partial charge in [0.25, 0.3) is 5.91 Å². The molecule has 3 aliphatic heterocycles. The van der Waals surface area contributed by atoms with Gasteiger partial charge in [-0.25, -0.2) is 12.7 Å². The van der Waals surface area contributed by atoms with Crippen molar-refractivity contribution in [1.29, 1.82) is 0 Å². The molecule has 0 bridgehead atoms. The van der Waals surface area contributed by atoms with Crippen LogP contribution in [0.5, 0.6) is 0 Å². The Morgan fingerprint density at radius 2 is 1.67 bits per heavy atom. The number of sulfonamides is 1. The molecule has 1 atom stereocenters. The number of carbonyl (C=O) groups is 1. The second-order valence-electron chi connectivity index (χ2n) is 11.4. The molecule has 2 aromatic rings. The number of rotatable bonds is 7. The van der Waals surface area contributed by atoms with Gasteiger partial charge in [0.15, 0.2) is 0 Å². The van der Waals surface area contributed by atoms with Crippen molar-refractivity contribution in [3.05, 3.63) is 69.7 Å². The van der Waals surface area contributed by atoms with Crippen molar-refractivity contribution in [2.75, 3.05) is 52.1 Å². The van der Waals surface area contributed by atoms with Crippen molar-refractivity contribution in [3.8, 4) is 0 Å². The average Bonchev–Trinajstić information content (AvgIpc) is 2.89. The number of halogens is 3. The van der Waals surface area contributed by atoms with E-state index in [-0.39, 0.29) is 23.7 Å². The zero-order valence-electron chi connectivity index (χ0n) is 22.4. The Kier molecular flexibility index (Phi) is 9.94. The van der Waals surface area contributed by atoms with Crippen molar-refractivity contribution >= 4 is 51.5 Å². The Labute approximate surface area is 249 Å². The van der Waals surface area contributed by atoms with Crippen molar-refractivity contribution in [2.45, 2.75) is 37.5 Å². The van der Waals surface area contributed by atoms with Gasteiger partial charge in [0.05, 0.1) is 16.3 Å². The first kappa shape index (κ1) is 30.6. The van der Waals surface area contributed by atoms with E-state index in [1.54, 1.807) is 4.31 Å². The third-order valence-corrected chi connectivity index (χ3v) is 11.0. The van der Waals surface area contributed by atoms with Gasteiger partial charge in [-0.3, -0.25) is 4.79 Å². The minimum atomic E-state index is -3.09. The molecule has 3 fully saturated rings. The summed E-state index contributed by atoms with van der Waals surface area (Å²) in [7, 11) is -3.09. The molecule has 0 saturated carbocycles. The maximum atomic E-state index is 13.4. The first-order valence-electron chi connectivity index (χ1n) is 13.6. The predicted molar refractivity (Wildman–Crippen MR) is 161 cm³/mol. The summed E-state index contributed by atoms with van der Waals surface area (Å²) in [5.74, 6) is 1.32. The summed E-state index contributed by atoms with van der Waals surface area (Å²) in [4.78, 5) is 17.9. The van der Waals surface area contributed by atoms with Crippen LogP contribution in [0.4, 0.5) is 0 Å². The smallest absolute Gasteiger partial charge is 0.253 e. The highest BCUT2D eigenvalue weighted by atomic mass is 35.5. The summed E-state index contributed by atoms with van der Waals surface area (Å²) >= 11 is 12.7. The fraction of sp³-hybridized carbons (Fsp3) is 0.552. The van der Waals surface area contributed by atoms with E-state index in [2.05, 4.69) is 11.0 Å². The molecule has 0 N–H and O–H groups in total. The fourth-order valence-electron chi connectivity index (χ4n) is 6.62. The van der Waals surface area contributed by atoms with Crippen molar-refractivity contribution in [1.82, 2.24) is 14.1 Å². The number of piperidine rings is 2. The van der Waals surface area contributed by atoms with Crippen molar-refractivity contribution in [3.63, 3.8) is 0 Å². The minimum Gasteiger partial charge on any atom is -0.338 e. The molecule has 3 heterocycles. The van der Waals surface area contributed by atoms with Gasteiger partial charge in [-0.05, 0) is 80.3 Å². The van der Waals surface area contributed by atoms with Gasteiger partial charge in [0.2, 0.25) is 10.0 Å². The van der Waals surface area contributed by atoms with E-state index < -0.39 is 10.0 Å². The highest BCUT2D eigenvalue weighted by molar-refractivity contribution is 7.88. The van der Waals surface area contributed by atoms with Crippen LogP contribution in [0.15, 0.2) is 48.5 Å². The molecule has 6 nitrogen and oxygen atoms in total. The molecule has 0 spiro atoms. The summed E-state index contributed by atoms with van der Waals surface area (Å²) in [6.45, 7) is 5.81. The van der Waals surface area contributed by atoms with E-state index in [9.17, 15) is 13.2 Å². The molecule has 0 radical (unpaired) electrons. The predicted octanol–water partition coefficient (Wildman–Crippen LogP) is 5.58. The van der Waals surface area contributed by atoms with Gasteiger partial charge in [0, 0.05) is 50.2 Å². The molecule has 0 unspecified atom stereocenters. The summed E-state index contributed by atoms with van der Waals surface area (Å²) in [6, 6.07) is 15.5. The molecule has 0 aliphatic carbocycles. The molecular weight excluding hydrogens is 577 g/mol. The lowest BCUT2D eigenvalue weighted by Gasteiger charge is -2.48. The zero-order valence-corrected chi connectivity index (χ0v) is 25.5. The van der Waals surface area contributed by atoms with Crippen LogP contribution in [0.25, 0.3) is 0 Å². The third-order valence-electron chi connectivity index (χ3n) is 8.94. The molecule has 10 heteroatoms. The van der Waals surface area contributed by atoms with E-state index in [1.807, 2.05) is 47.4 Å². The molecule has 39 heavy (non-hydrogen) atoms. The van der Waals surface area contributed by atoms with Gasteiger partial charge in [-0.2, -0.15) is 0 Å². The van der Waals surface area contributed by atoms with Crippen LogP contribution in [-0.2, 0) is 15.4 Å². The lowest BCUT2D eigenvalue weighted by molar-refractivity contribution is 0.0259. The second-order valence-corrected chi connectivity index (χ2v) is 14.2.